The summed E-state index contributed by atoms with van der Waals surface area (Å²) in [5.74, 6) is 1.42. The minimum atomic E-state index is 0.0958. The number of nitrogens with zero attached hydrogens (tertiary/aromatic N) is 2. The number of hydrogen-bond acceptors (Lipinski definition) is 4. The predicted octanol–water partition coefficient (Wildman–Crippen LogP) is 4.58. The molecule has 0 saturated heterocycles. The Morgan fingerprint density at radius 2 is 1.81 bits per heavy atom. The first-order valence-electron chi connectivity index (χ1n) is 6.53. The number of thioether (sulfide) groups is 1. The standard InChI is InChI=1S/C16H11ClN2OS/c17-13-8-6-12(7-9-13)16-19-14(10-21-16)20-15(18-19)11-4-2-1-3-5-11/h1-10,16H. The van der Waals surface area contributed by atoms with Gasteiger partial charge in [-0.15, -0.1) is 5.10 Å². The Labute approximate surface area is 131 Å². The Morgan fingerprint density at radius 1 is 1.05 bits per heavy atom. The van der Waals surface area contributed by atoms with Crippen LogP contribution in [0.15, 0.2) is 71.0 Å². The highest BCUT2D eigenvalue weighted by Gasteiger charge is 2.35. The van der Waals surface area contributed by atoms with Gasteiger partial charge in [0, 0.05) is 16.0 Å². The molecule has 0 amide bonds. The molecule has 0 fully saturated rings. The SMILES string of the molecule is Clc1ccc(C2SC=C3OC(c4ccccc4)=NN32)cc1. The zero-order valence-electron chi connectivity index (χ0n) is 10.9. The largest absolute Gasteiger partial charge is 0.418 e. The van der Waals surface area contributed by atoms with E-state index in [4.69, 9.17) is 16.3 Å². The van der Waals surface area contributed by atoms with Gasteiger partial charge in [0.1, 0.15) is 5.37 Å². The molecule has 104 valence electrons. The van der Waals surface area contributed by atoms with Gasteiger partial charge in [-0.25, -0.2) is 5.01 Å². The molecule has 0 saturated carbocycles. The molecule has 5 heteroatoms. The first kappa shape index (κ1) is 12.8. The molecule has 21 heavy (non-hydrogen) atoms. The second-order valence-electron chi connectivity index (χ2n) is 4.71. The van der Waals surface area contributed by atoms with E-state index in [1.807, 2.05) is 65.0 Å². The monoisotopic (exact) mass is 314 g/mol. The number of hydrazone groups is 1. The van der Waals surface area contributed by atoms with Crippen LogP contribution in [-0.2, 0) is 4.74 Å². The van der Waals surface area contributed by atoms with Crippen LogP contribution in [0.2, 0.25) is 5.02 Å². The van der Waals surface area contributed by atoms with Crippen molar-refractivity contribution in [3.63, 3.8) is 0 Å². The van der Waals surface area contributed by atoms with Gasteiger partial charge in [-0.1, -0.05) is 53.7 Å². The molecule has 2 heterocycles. The van der Waals surface area contributed by atoms with Gasteiger partial charge < -0.3 is 4.74 Å². The fourth-order valence-corrected chi connectivity index (χ4v) is 3.39. The number of ether oxygens (including phenoxy) is 1. The molecule has 2 aliphatic heterocycles. The van der Waals surface area contributed by atoms with Crippen LogP contribution in [0.5, 0.6) is 0 Å². The normalized spacial score (nSPS) is 19.9. The lowest BCUT2D eigenvalue weighted by molar-refractivity contribution is 0.265. The summed E-state index contributed by atoms with van der Waals surface area (Å²) in [5, 5.41) is 9.35. The summed E-state index contributed by atoms with van der Waals surface area (Å²) in [6.07, 6.45) is 0. The van der Waals surface area contributed by atoms with Crippen LogP contribution < -0.4 is 0 Å². The van der Waals surface area contributed by atoms with E-state index in [1.54, 1.807) is 11.8 Å². The zero-order chi connectivity index (χ0) is 14.2. The van der Waals surface area contributed by atoms with Crippen LogP contribution in [0.4, 0.5) is 0 Å². The van der Waals surface area contributed by atoms with Crippen molar-refractivity contribution in [2.24, 2.45) is 5.10 Å². The van der Waals surface area contributed by atoms with Crippen molar-refractivity contribution in [3.8, 4) is 0 Å². The number of hydrogen-bond donors (Lipinski definition) is 0. The minimum Gasteiger partial charge on any atom is -0.418 e. The van der Waals surface area contributed by atoms with Gasteiger partial charge in [-0.05, 0) is 29.8 Å². The molecule has 1 unspecified atom stereocenters. The van der Waals surface area contributed by atoms with Crippen molar-refractivity contribution < 1.29 is 4.74 Å². The Morgan fingerprint density at radius 3 is 2.57 bits per heavy atom. The maximum absolute atomic E-state index is 5.95. The van der Waals surface area contributed by atoms with E-state index in [2.05, 4.69) is 5.10 Å². The number of fused-ring (bicyclic) bond motifs is 1. The smallest absolute Gasteiger partial charge is 0.245 e. The topological polar surface area (TPSA) is 24.8 Å². The molecule has 3 nitrogen and oxygen atoms in total. The van der Waals surface area contributed by atoms with Gasteiger partial charge in [0.25, 0.3) is 0 Å². The Bertz CT molecular complexity index is 728. The maximum atomic E-state index is 5.95. The van der Waals surface area contributed by atoms with Gasteiger partial charge in [0.15, 0.2) is 0 Å². The van der Waals surface area contributed by atoms with E-state index in [0.29, 0.717) is 5.90 Å². The van der Waals surface area contributed by atoms with Gasteiger partial charge in [0.2, 0.25) is 11.8 Å². The van der Waals surface area contributed by atoms with E-state index in [9.17, 15) is 0 Å². The van der Waals surface area contributed by atoms with Gasteiger partial charge >= 0.3 is 0 Å². The summed E-state index contributed by atoms with van der Waals surface area (Å²) in [6.45, 7) is 0. The third kappa shape index (κ3) is 2.30. The highest BCUT2D eigenvalue weighted by molar-refractivity contribution is 8.02. The molecule has 1 atom stereocenters. The highest BCUT2D eigenvalue weighted by atomic mass is 35.5. The van der Waals surface area contributed by atoms with Crippen molar-refractivity contribution in [2.75, 3.05) is 0 Å². The van der Waals surface area contributed by atoms with E-state index in [-0.39, 0.29) is 5.37 Å². The fourth-order valence-electron chi connectivity index (χ4n) is 2.28. The van der Waals surface area contributed by atoms with Crippen molar-refractivity contribution >= 4 is 29.3 Å². The molecule has 4 rings (SSSR count). The van der Waals surface area contributed by atoms with Crippen molar-refractivity contribution in [1.29, 1.82) is 0 Å². The summed E-state index contributed by atoms with van der Waals surface area (Å²) in [6, 6.07) is 17.8. The highest BCUT2D eigenvalue weighted by Crippen LogP contribution is 2.45. The summed E-state index contributed by atoms with van der Waals surface area (Å²) >= 11 is 7.63. The van der Waals surface area contributed by atoms with E-state index >= 15 is 0 Å². The minimum absolute atomic E-state index is 0.0958. The van der Waals surface area contributed by atoms with Crippen LogP contribution in [0.3, 0.4) is 0 Å². The van der Waals surface area contributed by atoms with Crippen LogP contribution in [0.25, 0.3) is 0 Å². The lowest BCUT2D eigenvalue weighted by atomic mass is 10.2. The van der Waals surface area contributed by atoms with Gasteiger partial charge in [0.05, 0.1) is 0 Å². The summed E-state index contributed by atoms with van der Waals surface area (Å²) in [5.41, 5.74) is 2.13. The Kier molecular flexibility index (Phi) is 3.13. The lowest BCUT2D eigenvalue weighted by Gasteiger charge is -2.17. The quantitative estimate of drug-likeness (QED) is 0.811. The molecule has 2 aliphatic rings. The van der Waals surface area contributed by atoms with E-state index < -0.39 is 0 Å². The Balaban J connectivity index is 1.64. The van der Waals surface area contributed by atoms with Crippen molar-refractivity contribution in [1.82, 2.24) is 5.01 Å². The molecule has 2 aromatic carbocycles. The van der Waals surface area contributed by atoms with Crippen LogP contribution in [-0.4, -0.2) is 10.9 Å². The average molecular weight is 315 g/mol. The number of halogens is 1. The van der Waals surface area contributed by atoms with Gasteiger partial charge in [-0.3, -0.25) is 0 Å². The van der Waals surface area contributed by atoms with Crippen LogP contribution >= 0.6 is 23.4 Å². The van der Waals surface area contributed by atoms with Crippen molar-refractivity contribution in [3.05, 3.63) is 82.0 Å². The third-order valence-electron chi connectivity index (χ3n) is 3.32. The molecular formula is C16H11ClN2OS. The van der Waals surface area contributed by atoms with E-state index in [0.717, 1.165) is 22.0 Å². The molecule has 0 bridgehead atoms. The summed E-state index contributed by atoms with van der Waals surface area (Å²) in [4.78, 5) is 0. The first-order valence-corrected chi connectivity index (χ1v) is 7.85. The van der Waals surface area contributed by atoms with E-state index in [1.165, 1.54) is 0 Å². The summed E-state index contributed by atoms with van der Waals surface area (Å²) < 4.78 is 5.84. The zero-order valence-corrected chi connectivity index (χ0v) is 12.5. The molecule has 2 aromatic rings. The molecule has 0 spiro atoms. The first-order chi connectivity index (χ1) is 10.3. The number of rotatable bonds is 2. The van der Waals surface area contributed by atoms with Crippen LogP contribution in [0, 0.1) is 0 Å². The van der Waals surface area contributed by atoms with Gasteiger partial charge in [-0.2, -0.15) is 0 Å². The molecule has 0 N–H and O–H groups in total. The summed E-state index contributed by atoms with van der Waals surface area (Å²) in [7, 11) is 0. The number of benzene rings is 2. The molecule has 0 aromatic heterocycles. The fraction of sp³-hybridized carbons (Fsp3) is 0.0625. The molecule has 0 aliphatic carbocycles. The van der Waals surface area contributed by atoms with Crippen molar-refractivity contribution in [2.45, 2.75) is 5.37 Å². The second kappa shape index (κ2) is 5.13. The van der Waals surface area contributed by atoms with Crippen LogP contribution in [0.1, 0.15) is 16.5 Å². The maximum Gasteiger partial charge on any atom is 0.245 e. The predicted molar refractivity (Wildman–Crippen MR) is 85.8 cm³/mol. The third-order valence-corrected chi connectivity index (χ3v) is 4.64. The molecular weight excluding hydrogens is 304 g/mol. The Hall–Kier alpha value is -1.91. The lowest BCUT2D eigenvalue weighted by Crippen LogP contribution is -2.12. The second-order valence-corrected chi connectivity index (χ2v) is 6.10. The average Bonchev–Trinajstić information content (AvgIpc) is 3.09. The molecule has 0 radical (unpaired) electrons.